The molecule has 3 nitrogen and oxygen atoms in total. The van der Waals surface area contributed by atoms with Crippen LogP contribution >= 0.6 is 27.5 Å². The van der Waals surface area contributed by atoms with E-state index >= 15 is 0 Å². The maximum Gasteiger partial charge on any atom is 0.144 e. The van der Waals surface area contributed by atoms with E-state index in [1.54, 1.807) is 6.20 Å². The van der Waals surface area contributed by atoms with Crippen molar-refractivity contribution in [2.75, 3.05) is 11.9 Å². The van der Waals surface area contributed by atoms with Crippen molar-refractivity contribution in [1.82, 2.24) is 4.98 Å². The van der Waals surface area contributed by atoms with Crippen LogP contribution in [0.25, 0.3) is 0 Å². The molecule has 1 aromatic heterocycles. The second-order valence-corrected chi connectivity index (χ2v) is 5.52. The average molecular weight is 306 g/mol. The molecule has 2 rings (SSSR count). The fourth-order valence-electron chi connectivity index (χ4n) is 2.02. The third-order valence-corrected chi connectivity index (χ3v) is 3.60. The SMILES string of the molecule is OC1CCC(CNc2ncc(Br)cc2Cl)C1. The molecule has 0 saturated heterocycles. The van der Waals surface area contributed by atoms with Crippen molar-refractivity contribution in [2.45, 2.75) is 25.4 Å². The summed E-state index contributed by atoms with van der Waals surface area (Å²) in [6.45, 7) is 0.825. The molecular formula is C11H14BrClN2O. The highest BCUT2D eigenvalue weighted by molar-refractivity contribution is 9.10. The van der Waals surface area contributed by atoms with Crippen molar-refractivity contribution in [3.8, 4) is 0 Å². The Kier molecular flexibility index (Phi) is 4.05. The molecule has 1 heterocycles. The van der Waals surface area contributed by atoms with Crippen LogP contribution in [0.1, 0.15) is 19.3 Å². The van der Waals surface area contributed by atoms with Crippen LogP contribution in [0.2, 0.25) is 5.02 Å². The van der Waals surface area contributed by atoms with E-state index in [1.165, 1.54) is 0 Å². The maximum absolute atomic E-state index is 9.41. The van der Waals surface area contributed by atoms with E-state index in [0.29, 0.717) is 16.8 Å². The predicted molar refractivity (Wildman–Crippen MR) is 68.8 cm³/mol. The average Bonchev–Trinajstić information content (AvgIpc) is 2.63. The largest absolute Gasteiger partial charge is 0.393 e. The first-order chi connectivity index (χ1) is 7.65. The lowest BCUT2D eigenvalue weighted by molar-refractivity contribution is 0.178. The quantitative estimate of drug-likeness (QED) is 0.902. The number of halogens is 2. The number of hydrogen-bond donors (Lipinski definition) is 2. The minimum absolute atomic E-state index is 0.125. The molecule has 1 fully saturated rings. The molecule has 0 radical (unpaired) electrons. The summed E-state index contributed by atoms with van der Waals surface area (Å²) in [5.74, 6) is 1.24. The summed E-state index contributed by atoms with van der Waals surface area (Å²) in [4.78, 5) is 4.21. The van der Waals surface area contributed by atoms with Gasteiger partial charge in [0.1, 0.15) is 5.82 Å². The minimum atomic E-state index is -0.125. The van der Waals surface area contributed by atoms with E-state index in [-0.39, 0.29) is 6.10 Å². The van der Waals surface area contributed by atoms with Crippen LogP contribution in [-0.4, -0.2) is 22.7 Å². The monoisotopic (exact) mass is 304 g/mol. The Labute approximate surface area is 108 Å². The van der Waals surface area contributed by atoms with E-state index in [4.69, 9.17) is 11.6 Å². The summed E-state index contributed by atoms with van der Waals surface area (Å²) in [7, 11) is 0. The molecule has 2 atom stereocenters. The maximum atomic E-state index is 9.41. The summed E-state index contributed by atoms with van der Waals surface area (Å²) >= 11 is 9.35. The zero-order valence-corrected chi connectivity index (χ0v) is 11.1. The third-order valence-electron chi connectivity index (χ3n) is 2.88. The molecule has 0 aromatic carbocycles. The number of pyridine rings is 1. The van der Waals surface area contributed by atoms with Crippen LogP contribution < -0.4 is 5.32 Å². The third kappa shape index (κ3) is 3.09. The van der Waals surface area contributed by atoms with Crippen LogP contribution in [0.15, 0.2) is 16.7 Å². The lowest BCUT2D eigenvalue weighted by Gasteiger charge is -2.12. The summed E-state index contributed by atoms with van der Waals surface area (Å²) in [6, 6.07) is 1.82. The van der Waals surface area contributed by atoms with Gasteiger partial charge in [0, 0.05) is 17.2 Å². The molecule has 0 spiro atoms. The van der Waals surface area contributed by atoms with Crippen LogP contribution in [0.5, 0.6) is 0 Å². The number of aliphatic hydroxyl groups excluding tert-OH is 1. The first-order valence-electron chi connectivity index (χ1n) is 5.38. The molecule has 16 heavy (non-hydrogen) atoms. The number of nitrogens with one attached hydrogen (secondary N) is 1. The van der Waals surface area contributed by atoms with Gasteiger partial charge in [-0.25, -0.2) is 4.98 Å². The van der Waals surface area contributed by atoms with Gasteiger partial charge in [0.05, 0.1) is 11.1 Å². The molecule has 0 aliphatic heterocycles. The Morgan fingerprint density at radius 1 is 1.56 bits per heavy atom. The second kappa shape index (κ2) is 5.34. The zero-order valence-electron chi connectivity index (χ0n) is 8.79. The zero-order chi connectivity index (χ0) is 11.5. The van der Waals surface area contributed by atoms with Gasteiger partial charge < -0.3 is 10.4 Å². The van der Waals surface area contributed by atoms with Gasteiger partial charge >= 0.3 is 0 Å². The van der Waals surface area contributed by atoms with Crippen LogP contribution in [0.4, 0.5) is 5.82 Å². The van der Waals surface area contributed by atoms with Crippen LogP contribution in [0.3, 0.4) is 0 Å². The highest BCUT2D eigenvalue weighted by atomic mass is 79.9. The summed E-state index contributed by atoms with van der Waals surface area (Å²) < 4.78 is 0.874. The Morgan fingerprint density at radius 3 is 3.00 bits per heavy atom. The normalized spacial score (nSPS) is 24.7. The summed E-state index contributed by atoms with van der Waals surface area (Å²) in [5.41, 5.74) is 0. The van der Waals surface area contributed by atoms with E-state index in [9.17, 15) is 5.11 Å². The van der Waals surface area contributed by atoms with Crippen molar-refractivity contribution in [2.24, 2.45) is 5.92 Å². The van der Waals surface area contributed by atoms with E-state index in [1.807, 2.05) is 6.07 Å². The molecule has 1 aliphatic carbocycles. The molecule has 1 aliphatic rings. The number of rotatable bonds is 3. The lowest BCUT2D eigenvalue weighted by Crippen LogP contribution is -2.13. The Morgan fingerprint density at radius 2 is 2.38 bits per heavy atom. The number of hydrogen-bond acceptors (Lipinski definition) is 3. The highest BCUT2D eigenvalue weighted by Crippen LogP contribution is 2.27. The Bertz CT molecular complexity index is 375. The topological polar surface area (TPSA) is 45.1 Å². The van der Waals surface area contributed by atoms with Crippen molar-refractivity contribution in [3.63, 3.8) is 0 Å². The predicted octanol–water partition coefficient (Wildman–Crippen LogP) is 3.07. The van der Waals surface area contributed by atoms with Crippen molar-refractivity contribution < 1.29 is 5.11 Å². The van der Waals surface area contributed by atoms with Crippen LogP contribution in [0, 0.1) is 5.92 Å². The molecule has 88 valence electrons. The van der Waals surface area contributed by atoms with Crippen molar-refractivity contribution >= 4 is 33.3 Å². The molecule has 5 heteroatoms. The molecule has 0 bridgehead atoms. The van der Waals surface area contributed by atoms with E-state index < -0.39 is 0 Å². The molecule has 0 amide bonds. The van der Waals surface area contributed by atoms with Crippen molar-refractivity contribution in [1.29, 1.82) is 0 Å². The van der Waals surface area contributed by atoms with Gasteiger partial charge in [-0.05, 0) is 47.2 Å². The van der Waals surface area contributed by atoms with Gasteiger partial charge in [0.15, 0.2) is 0 Å². The summed E-state index contributed by atoms with van der Waals surface area (Å²) in [5, 5.41) is 13.3. The van der Waals surface area contributed by atoms with E-state index in [0.717, 1.165) is 30.3 Å². The standard InChI is InChI=1S/C11H14BrClN2O/c12-8-4-10(13)11(15-6-8)14-5-7-1-2-9(16)3-7/h4,6-7,9,16H,1-3,5H2,(H,14,15). The Hall–Kier alpha value is -0.320. The van der Waals surface area contributed by atoms with Gasteiger partial charge in [-0.1, -0.05) is 11.6 Å². The highest BCUT2D eigenvalue weighted by Gasteiger charge is 2.22. The number of anilines is 1. The first kappa shape index (κ1) is 12.1. The first-order valence-corrected chi connectivity index (χ1v) is 6.55. The van der Waals surface area contributed by atoms with Gasteiger partial charge in [0.25, 0.3) is 0 Å². The van der Waals surface area contributed by atoms with Crippen molar-refractivity contribution in [3.05, 3.63) is 21.8 Å². The Balaban J connectivity index is 1.89. The molecule has 2 N–H and O–H groups in total. The van der Waals surface area contributed by atoms with Gasteiger partial charge in [-0.15, -0.1) is 0 Å². The number of nitrogens with zero attached hydrogens (tertiary/aromatic N) is 1. The van der Waals surface area contributed by atoms with Gasteiger partial charge in [-0.2, -0.15) is 0 Å². The summed E-state index contributed by atoms with van der Waals surface area (Å²) in [6.07, 6.45) is 4.45. The molecular weight excluding hydrogens is 291 g/mol. The molecule has 2 unspecified atom stereocenters. The van der Waals surface area contributed by atoms with E-state index in [2.05, 4.69) is 26.2 Å². The molecule has 1 saturated carbocycles. The second-order valence-electron chi connectivity index (χ2n) is 4.20. The molecule has 1 aromatic rings. The fourth-order valence-corrected chi connectivity index (χ4v) is 2.72. The van der Waals surface area contributed by atoms with Gasteiger partial charge in [0.2, 0.25) is 0 Å². The van der Waals surface area contributed by atoms with Crippen LogP contribution in [-0.2, 0) is 0 Å². The minimum Gasteiger partial charge on any atom is -0.393 e. The number of aromatic nitrogens is 1. The van der Waals surface area contributed by atoms with Gasteiger partial charge in [-0.3, -0.25) is 0 Å². The smallest absolute Gasteiger partial charge is 0.144 e. The number of aliphatic hydroxyl groups is 1. The fraction of sp³-hybridized carbons (Fsp3) is 0.545. The lowest BCUT2D eigenvalue weighted by atomic mass is 10.1.